The zero-order chi connectivity index (χ0) is 15.2. The van der Waals surface area contributed by atoms with E-state index in [0.717, 1.165) is 22.5 Å². The minimum absolute atomic E-state index is 0.0562. The summed E-state index contributed by atoms with van der Waals surface area (Å²) in [6, 6.07) is 8.07. The fourth-order valence-electron chi connectivity index (χ4n) is 2.30. The highest BCUT2D eigenvalue weighted by Gasteiger charge is 2.11. The van der Waals surface area contributed by atoms with Crippen molar-refractivity contribution in [2.45, 2.75) is 12.7 Å². The molecule has 1 atom stereocenters. The second-order valence-electron chi connectivity index (χ2n) is 5.20. The van der Waals surface area contributed by atoms with Crippen LogP contribution in [0.1, 0.15) is 18.1 Å². The van der Waals surface area contributed by atoms with Crippen molar-refractivity contribution in [3.8, 4) is 0 Å². The van der Waals surface area contributed by atoms with E-state index in [0.29, 0.717) is 13.2 Å². The van der Waals surface area contributed by atoms with Crippen molar-refractivity contribution in [1.29, 1.82) is 0 Å². The SMILES string of the molecule is [B]C(C)CN(C)/C(=N\N)c1ccc(C2=COCC=C2)cc1. The summed E-state index contributed by atoms with van der Waals surface area (Å²) in [6.07, 6.45) is 5.82. The molecule has 1 aliphatic rings. The molecule has 1 unspecified atom stereocenters. The summed E-state index contributed by atoms with van der Waals surface area (Å²) in [4.78, 5) is 1.96. The molecule has 0 spiro atoms. The van der Waals surface area contributed by atoms with E-state index >= 15 is 0 Å². The predicted molar refractivity (Wildman–Crippen MR) is 88.0 cm³/mol. The minimum atomic E-state index is 0.0562. The van der Waals surface area contributed by atoms with E-state index in [4.69, 9.17) is 18.4 Å². The van der Waals surface area contributed by atoms with Gasteiger partial charge in [0.2, 0.25) is 0 Å². The van der Waals surface area contributed by atoms with Gasteiger partial charge in [-0.25, -0.2) is 0 Å². The monoisotopic (exact) mass is 281 g/mol. The average molecular weight is 281 g/mol. The predicted octanol–water partition coefficient (Wildman–Crippen LogP) is 2.14. The molecule has 0 saturated carbocycles. The number of hydrogen-bond acceptors (Lipinski definition) is 3. The maximum atomic E-state index is 5.82. The first kappa shape index (κ1) is 15.2. The van der Waals surface area contributed by atoms with E-state index in [-0.39, 0.29) is 5.82 Å². The Bertz CT molecular complexity index is 561. The largest absolute Gasteiger partial charge is 0.496 e. The quantitative estimate of drug-likeness (QED) is 0.302. The van der Waals surface area contributed by atoms with Crippen molar-refractivity contribution in [3.05, 3.63) is 53.8 Å². The van der Waals surface area contributed by atoms with Gasteiger partial charge in [0.15, 0.2) is 5.84 Å². The number of nitrogens with zero attached hydrogens (tertiary/aromatic N) is 2. The van der Waals surface area contributed by atoms with Crippen molar-refractivity contribution < 1.29 is 4.74 Å². The van der Waals surface area contributed by atoms with Gasteiger partial charge in [-0.3, -0.25) is 0 Å². The van der Waals surface area contributed by atoms with Gasteiger partial charge in [0, 0.05) is 24.7 Å². The van der Waals surface area contributed by atoms with Gasteiger partial charge in [-0.15, -0.1) is 0 Å². The molecule has 5 heteroatoms. The molecule has 0 aliphatic carbocycles. The van der Waals surface area contributed by atoms with Gasteiger partial charge < -0.3 is 15.5 Å². The minimum Gasteiger partial charge on any atom is -0.496 e. The third kappa shape index (κ3) is 3.91. The highest BCUT2D eigenvalue weighted by Crippen LogP contribution is 2.20. The molecule has 108 valence electrons. The molecule has 0 bridgehead atoms. The molecule has 1 aromatic rings. The molecular weight excluding hydrogens is 261 g/mol. The Kier molecular flexibility index (Phi) is 5.09. The Morgan fingerprint density at radius 2 is 2.14 bits per heavy atom. The van der Waals surface area contributed by atoms with Crippen LogP contribution in [0.25, 0.3) is 5.57 Å². The molecule has 0 saturated heterocycles. The number of amidine groups is 1. The molecule has 1 aromatic carbocycles. The molecule has 0 amide bonds. The highest BCUT2D eigenvalue weighted by molar-refractivity contribution is 6.11. The van der Waals surface area contributed by atoms with Crippen molar-refractivity contribution in [3.63, 3.8) is 0 Å². The van der Waals surface area contributed by atoms with Crippen LogP contribution < -0.4 is 5.84 Å². The normalized spacial score (nSPS) is 16.1. The average Bonchev–Trinajstić information content (AvgIpc) is 2.49. The lowest BCUT2D eigenvalue weighted by molar-refractivity contribution is 0.288. The smallest absolute Gasteiger partial charge is 0.155 e. The van der Waals surface area contributed by atoms with Gasteiger partial charge >= 0.3 is 0 Å². The zero-order valence-corrected chi connectivity index (χ0v) is 12.5. The van der Waals surface area contributed by atoms with Crippen molar-refractivity contribution in [1.82, 2.24) is 4.90 Å². The Hall–Kier alpha value is -2.17. The first-order chi connectivity index (χ1) is 10.1. The number of rotatable bonds is 4. The van der Waals surface area contributed by atoms with E-state index in [1.54, 1.807) is 6.26 Å². The van der Waals surface area contributed by atoms with Crippen LogP contribution in [-0.2, 0) is 4.74 Å². The third-order valence-corrected chi connectivity index (χ3v) is 3.22. The van der Waals surface area contributed by atoms with Crippen LogP contribution in [0, 0.1) is 0 Å². The molecule has 4 nitrogen and oxygen atoms in total. The highest BCUT2D eigenvalue weighted by atomic mass is 16.5. The number of nitrogens with two attached hydrogens (primary N) is 1. The van der Waals surface area contributed by atoms with Crippen molar-refractivity contribution in [2.24, 2.45) is 10.9 Å². The number of hydrazone groups is 1. The van der Waals surface area contributed by atoms with Crippen LogP contribution in [0.4, 0.5) is 0 Å². The summed E-state index contributed by atoms with van der Waals surface area (Å²) in [5.74, 6) is 6.31. The second-order valence-corrected chi connectivity index (χ2v) is 5.20. The maximum absolute atomic E-state index is 5.82. The molecular formula is C16H20BN3O. The van der Waals surface area contributed by atoms with Crippen LogP contribution in [0.2, 0.25) is 5.82 Å². The van der Waals surface area contributed by atoms with E-state index < -0.39 is 0 Å². The lowest BCUT2D eigenvalue weighted by Crippen LogP contribution is -2.31. The van der Waals surface area contributed by atoms with Crippen LogP contribution in [0.15, 0.2) is 47.8 Å². The van der Waals surface area contributed by atoms with Crippen LogP contribution in [0.3, 0.4) is 0 Å². The Morgan fingerprint density at radius 3 is 2.67 bits per heavy atom. The molecule has 21 heavy (non-hydrogen) atoms. The number of ether oxygens (including phenoxy) is 1. The van der Waals surface area contributed by atoms with Gasteiger partial charge in [0.05, 0.1) is 14.1 Å². The second kappa shape index (κ2) is 7.02. The van der Waals surface area contributed by atoms with Gasteiger partial charge in [0.1, 0.15) is 6.61 Å². The lowest BCUT2D eigenvalue weighted by atomic mass is 9.89. The third-order valence-electron chi connectivity index (χ3n) is 3.22. The summed E-state index contributed by atoms with van der Waals surface area (Å²) in [6.45, 7) is 3.28. The molecule has 2 N–H and O–H groups in total. The summed E-state index contributed by atoms with van der Waals surface area (Å²) < 4.78 is 5.30. The van der Waals surface area contributed by atoms with Crippen molar-refractivity contribution in [2.75, 3.05) is 20.2 Å². The maximum Gasteiger partial charge on any atom is 0.155 e. The fraction of sp³-hybridized carbons (Fsp3) is 0.312. The van der Waals surface area contributed by atoms with Gasteiger partial charge in [-0.2, -0.15) is 5.10 Å². The Morgan fingerprint density at radius 1 is 1.43 bits per heavy atom. The zero-order valence-electron chi connectivity index (χ0n) is 12.5. The molecule has 1 aliphatic heterocycles. The molecule has 0 aromatic heterocycles. The van der Waals surface area contributed by atoms with Crippen LogP contribution >= 0.6 is 0 Å². The van der Waals surface area contributed by atoms with Crippen LogP contribution in [0.5, 0.6) is 0 Å². The summed E-state index contributed by atoms with van der Waals surface area (Å²) in [7, 11) is 7.75. The van der Waals surface area contributed by atoms with Gasteiger partial charge in [-0.05, 0) is 11.6 Å². The van der Waals surface area contributed by atoms with E-state index in [9.17, 15) is 0 Å². The lowest BCUT2D eigenvalue weighted by Gasteiger charge is -2.23. The first-order valence-electron chi connectivity index (χ1n) is 6.95. The standard InChI is InChI=1S/C16H20BN3O/c1-12(17)10-20(2)16(19-18)14-7-5-13(6-8-14)15-4-3-9-21-11-15/h3-8,11-12H,9-10,18H2,1-2H3/b19-16-. The molecule has 2 rings (SSSR count). The van der Waals surface area contributed by atoms with Gasteiger partial charge in [0.25, 0.3) is 0 Å². The summed E-state index contributed by atoms with van der Waals surface area (Å²) >= 11 is 0. The molecule has 2 radical (unpaired) electrons. The van der Waals surface area contributed by atoms with Crippen molar-refractivity contribution >= 4 is 19.3 Å². The number of hydrogen-bond donors (Lipinski definition) is 1. The van der Waals surface area contributed by atoms with E-state index in [1.807, 2.05) is 49.2 Å². The fourth-order valence-corrected chi connectivity index (χ4v) is 2.30. The van der Waals surface area contributed by atoms with E-state index in [1.165, 1.54) is 0 Å². The van der Waals surface area contributed by atoms with Gasteiger partial charge in [-0.1, -0.05) is 43.1 Å². The van der Waals surface area contributed by atoms with Crippen LogP contribution in [-0.4, -0.2) is 38.8 Å². The topological polar surface area (TPSA) is 50.8 Å². The summed E-state index contributed by atoms with van der Waals surface area (Å²) in [5.41, 5.74) is 3.12. The Labute approximate surface area is 127 Å². The first-order valence-corrected chi connectivity index (χ1v) is 6.95. The number of benzene rings is 1. The Balaban J connectivity index is 2.17. The van der Waals surface area contributed by atoms with E-state index in [2.05, 4.69) is 11.2 Å². The molecule has 0 fully saturated rings. The molecule has 1 heterocycles. The number of allylic oxidation sites excluding steroid dienone is 2. The summed E-state index contributed by atoms with van der Waals surface area (Å²) in [5, 5.41) is 3.89.